The number of nitrogens with zero attached hydrogens (tertiary/aromatic N) is 4. The molecule has 1 N–H and O–H groups in total. The lowest BCUT2D eigenvalue weighted by Gasteiger charge is -2.03. The lowest BCUT2D eigenvalue weighted by molar-refractivity contribution is -0.117. The van der Waals surface area contributed by atoms with E-state index >= 15 is 0 Å². The molecule has 0 bridgehead atoms. The first kappa shape index (κ1) is 13.2. The van der Waals surface area contributed by atoms with Crippen molar-refractivity contribution in [3.8, 4) is 11.3 Å². The van der Waals surface area contributed by atoms with Crippen LogP contribution >= 0.6 is 11.6 Å². The maximum absolute atomic E-state index is 11.8. The first-order valence-electron chi connectivity index (χ1n) is 6.99. The van der Waals surface area contributed by atoms with Gasteiger partial charge in [0.15, 0.2) is 5.65 Å². The van der Waals surface area contributed by atoms with Crippen molar-refractivity contribution in [3.05, 3.63) is 41.7 Å². The summed E-state index contributed by atoms with van der Waals surface area (Å²) >= 11 is 5.95. The number of nitrogens with one attached hydrogen (secondary N) is 1. The number of carbonyl (C=O) groups is 1. The van der Waals surface area contributed by atoms with Crippen LogP contribution in [0.15, 0.2) is 36.5 Å². The Morgan fingerprint density at radius 3 is 2.95 bits per heavy atom. The topological polar surface area (TPSA) is 72.2 Å². The molecule has 0 saturated heterocycles. The number of halogens is 1. The number of carbonyl (C=O) groups excluding carboxylic acids is 1. The van der Waals surface area contributed by atoms with Crippen LogP contribution in [0.25, 0.3) is 16.9 Å². The van der Waals surface area contributed by atoms with Gasteiger partial charge in [-0.15, -0.1) is 5.10 Å². The third-order valence-corrected chi connectivity index (χ3v) is 3.77. The fourth-order valence-corrected chi connectivity index (χ4v) is 2.47. The fraction of sp³-hybridized carbons (Fsp3) is 0.200. The summed E-state index contributed by atoms with van der Waals surface area (Å²) in [5.74, 6) is 0.430. The fourth-order valence-electron chi connectivity index (χ4n) is 2.30. The Balaban J connectivity index is 1.76. The lowest BCUT2D eigenvalue weighted by atomic mass is 10.2. The van der Waals surface area contributed by atoms with Gasteiger partial charge in [-0.3, -0.25) is 10.1 Å². The van der Waals surface area contributed by atoms with Gasteiger partial charge in [0.25, 0.3) is 0 Å². The Labute approximate surface area is 131 Å². The van der Waals surface area contributed by atoms with E-state index in [9.17, 15) is 4.79 Å². The smallest absolute Gasteiger partial charge is 0.249 e. The summed E-state index contributed by atoms with van der Waals surface area (Å²) in [5.41, 5.74) is 2.38. The molecule has 3 heterocycles. The molecule has 0 radical (unpaired) electrons. The zero-order valence-corrected chi connectivity index (χ0v) is 12.3. The van der Waals surface area contributed by atoms with E-state index in [1.807, 2.05) is 24.3 Å². The van der Waals surface area contributed by atoms with Crippen molar-refractivity contribution < 1.29 is 4.79 Å². The van der Waals surface area contributed by atoms with Crippen LogP contribution in [0.1, 0.15) is 12.8 Å². The molecule has 0 aliphatic heterocycles. The standard InChI is InChI=1S/C15H12ClN5O/c16-12-8-10(6-7-17-12)11-2-1-3-13-18-15(20-21(11)13)19-14(22)9-4-5-9/h1-3,6-9H,4-5H2,(H,19,20,22). The van der Waals surface area contributed by atoms with Crippen LogP contribution < -0.4 is 5.32 Å². The average molecular weight is 314 g/mol. The second-order valence-corrected chi connectivity index (χ2v) is 5.63. The summed E-state index contributed by atoms with van der Waals surface area (Å²) in [6.07, 6.45) is 3.53. The van der Waals surface area contributed by atoms with Gasteiger partial charge >= 0.3 is 0 Å². The van der Waals surface area contributed by atoms with Crippen molar-refractivity contribution >= 4 is 29.1 Å². The summed E-state index contributed by atoms with van der Waals surface area (Å²) in [6, 6.07) is 9.26. The highest BCUT2D eigenvalue weighted by Gasteiger charge is 2.30. The first-order valence-corrected chi connectivity index (χ1v) is 7.37. The minimum Gasteiger partial charge on any atom is -0.293 e. The van der Waals surface area contributed by atoms with Crippen LogP contribution in [0.2, 0.25) is 5.15 Å². The van der Waals surface area contributed by atoms with Crippen LogP contribution in [-0.2, 0) is 4.79 Å². The highest BCUT2D eigenvalue weighted by atomic mass is 35.5. The van der Waals surface area contributed by atoms with E-state index in [0.717, 1.165) is 24.1 Å². The van der Waals surface area contributed by atoms with Crippen molar-refractivity contribution in [2.24, 2.45) is 5.92 Å². The van der Waals surface area contributed by atoms with Crippen molar-refractivity contribution in [1.29, 1.82) is 0 Å². The van der Waals surface area contributed by atoms with E-state index in [1.54, 1.807) is 16.8 Å². The molecule has 3 aromatic heterocycles. The van der Waals surface area contributed by atoms with Gasteiger partial charge in [-0.25, -0.2) is 9.50 Å². The zero-order chi connectivity index (χ0) is 15.1. The van der Waals surface area contributed by atoms with Gasteiger partial charge in [0.1, 0.15) is 5.15 Å². The predicted molar refractivity (Wildman–Crippen MR) is 82.6 cm³/mol. The molecular weight excluding hydrogens is 302 g/mol. The third kappa shape index (κ3) is 2.42. The molecule has 7 heteroatoms. The molecular formula is C15H12ClN5O. The minimum atomic E-state index is -0.00980. The van der Waals surface area contributed by atoms with Gasteiger partial charge in [0.05, 0.1) is 5.69 Å². The highest BCUT2D eigenvalue weighted by Crippen LogP contribution is 2.30. The van der Waals surface area contributed by atoms with Crippen molar-refractivity contribution in [2.45, 2.75) is 12.8 Å². The van der Waals surface area contributed by atoms with Gasteiger partial charge in [-0.1, -0.05) is 17.7 Å². The Bertz CT molecular complexity index is 871. The van der Waals surface area contributed by atoms with Crippen LogP contribution in [0.4, 0.5) is 5.95 Å². The third-order valence-electron chi connectivity index (χ3n) is 3.57. The number of anilines is 1. The van der Waals surface area contributed by atoms with Crippen LogP contribution in [0.3, 0.4) is 0 Å². The molecule has 3 aromatic rings. The summed E-state index contributed by atoms with van der Waals surface area (Å²) in [5, 5.41) is 7.56. The zero-order valence-electron chi connectivity index (χ0n) is 11.5. The average Bonchev–Trinajstić information content (AvgIpc) is 3.27. The Morgan fingerprint density at radius 2 is 2.18 bits per heavy atom. The molecule has 4 rings (SSSR count). The Hall–Kier alpha value is -2.47. The van der Waals surface area contributed by atoms with Crippen molar-refractivity contribution in [2.75, 3.05) is 5.32 Å². The molecule has 22 heavy (non-hydrogen) atoms. The predicted octanol–water partition coefficient (Wildman–Crippen LogP) is 2.79. The van der Waals surface area contributed by atoms with Crippen LogP contribution in [0.5, 0.6) is 0 Å². The van der Waals surface area contributed by atoms with E-state index in [-0.39, 0.29) is 11.8 Å². The largest absolute Gasteiger partial charge is 0.293 e. The Morgan fingerprint density at radius 1 is 1.32 bits per heavy atom. The molecule has 0 spiro atoms. The number of rotatable bonds is 3. The van der Waals surface area contributed by atoms with Gasteiger partial charge in [-0.2, -0.15) is 4.98 Å². The van der Waals surface area contributed by atoms with Crippen molar-refractivity contribution in [1.82, 2.24) is 19.6 Å². The summed E-state index contributed by atoms with van der Waals surface area (Å²) in [7, 11) is 0. The second-order valence-electron chi connectivity index (χ2n) is 5.25. The molecule has 1 fully saturated rings. The van der Waals surface area contributed by atoms with Crippen LogP contribution in [-0.4, -0.2) is 25.5 Å². The summed E-state index contributed by atoms with van der Waals surface area (Å²) < 4.78 is 1.69. The molecule has 6 nitrogen and oxygen atoms in total. The van der Waals surface area contributed by atoms with Crippen LogP contribution in [0, 0.1) is 5.92 Å². The molecule has 0 atom stereocenters. The van der Waals surface area contributed by atoms with E-state index in [1.165, 1.54) is 0 Å². The SMILES string of the molecule is O=C(Nc1nc2cccc(-c3ccnc(Cl)c3)n2n1)C1CC1. The maximum atomic E-state index is 11.8. The number of fused-ring (bicyclic) bond motifs is 1. The first-order chi connectivity index (χ1) is 10.7. The number of aromatic nitrogens is 4. The molecule has 0 unspecified atom stereocenters. The highest BCUT2D eigenvalue weighted by molar-refractivity contribution is 6.29. The molecule has 0 aromatic carbocycles. The number of amides is 1. The molecule has 1 saturated carbocycles. The quantitative estimate of drug-likeness (QED) is 0.755. The lowest BCUT2D eigenvalue weighted by Crippen LogP contribution is -2.14. The minimum absolute atomic E-state index is 0.00980. The number of pyridine rings is 2. The van der Waals surface area contributed by atoms with Gasteiger partial charge in [0.2, 0.25) is 11.9 Å². The van der Waals surface area contributed by atoms with E-state index in [4.69, 9.17) is 11.6 Å². The van der Waals surface area contributed by atoms with E-state index < -0.39 is 0 Å². The monoisotopic (exact) mass is 313 g/mol. The molecule has 110 valence electrons. The normalized spacial score (nSPS) is 14.2. The number of hydrogen-bond donors (Lipinski definition) is 1. The Kier molecular flexibility index (Phi) is 3.04. The summed E-state index contributed by atoms with van der Waals surface area (Å²) in [4.78, 5) is 20.1. The van der Waals surface area contributed by atoms with Gasteiger partial charge in [0, 0.05) is 17.7 Å². The van der Waals surface area contributed by atoms with E-state index in [2.05, 4.69) is 20.4 Å². The van der Waals surface area contributed by atoms with Gasteiger partial charge < -0.3 is 0 Å². The second kappa shape index (κ2) is 5.06. The van der Waals surface area contributed by atoms with Gasteiger partial charge in [-0.05, 0) is 37.1 Å². The molecule has 1 amide bonds. The molecule has 1 aliphatic carbocycles. The molecule has 1 aliphatic rings. The van der Waals surface area contributed by atoms with E-state index in [0.29, 0.717) is 16.7 Å². The summed E-state index contributed by atoms with van der Waals surface area (Å²) in [6.45, 7) is 0. The number of hydrogen-bond acceptors (Lipinski definition) is 4. The maximum Gasteiger partial charge on any atom is 0.249 e. The van der Waals surface area contributed by atoms with Crippen molar-refractivity contribution in [3.63, 3.8) is 0 Å².